The fourth-order valence-electron chi connectivity index (χ4n) is 5.45. The standard InChI is InChI=1S/C22H26FN9O11P2/c23-14-17-12(42-21(14)32-7-27-15-9(24)1-2-26-18(15)32)5-40-45(36,37)43-10-3-13(41-11(10)4-39-44(34,35)8-38-17)31-6-28-16-19(31)29-22(25)30-20(16)33/h1-2,6-7,10-14,17,21H,3-5,8H2,(H2,24,26)(H,34,35)(H,36,37)(H3,25,29,30,33)/t10?,11-,12-,13-,14+,17?,21-/m1/s1. The zero-order chi connectivity index (χ0) is 31.7. The van der Waals surface area contributed by atoms with Gasteiger partial charge in [0.15, 0.2) is 29.2 Å². The summed E-state index contributed by atoms with van der Waals surface area (Å²) in [4.78, 5) is 52.1. The molecule has 0 radical (unpaired) electrons. The van der Waals surface area contributed by atoms with Crippen molar-refractivity contribution >= 4 is 49.4 Å². The summed E-state index contributed by atoms with van der Waals surface area (Å²) in [5, 5.41) is 0. The van der Waals surface area contributed by atoms with Crippen LogP contribution in [0.4, 0.5) is 16.0 Å². The topological polar surface area (TPSA) is 276 Å². The minimum atomic E-state index is -4.90. The zero-order valence-electron chi connectivity index (χ0n) is 22.9. The number of rotatable bonds is 2. The van der Waals surface area contributed by atoms with Gasteiger partial charge >= 0.3 is 15.4 Å². The molecule has 0 bridgehead atoms. The first-order valence-electron chi connectivity index (χ1n) is 13.4. The first-order valence-corrected chi connectivity index (χ1v) is 16.6. The van der Waals surface area contributed by atoms with Gasteiger partial charge in [-0.25, -0.2) is 23.9 Å². The Morgan fingerprint density at radius 2 is 1.73 bits per heavy atom. The lowest BCUT2D eigenvalue weighted by molar-refractivity contribution is -0.0577. The van der Waals surface area contributed by atoms with Crippen molar-refractivity contribution in [2.75, 3.05) is 31.0 Å². The average molecular weight is 673 g/mol. The number of alkyl halides is 1. The summed E-state index contributed by atoms with van der Waals surface area (Å²) in [7, 11) is -9.47. The van der Waals surface area contributed by atoms with Crippen molar-refractivity contribution in [2.45, 2.75) is 49.5 Å². The average Bonchev–Trinajstić information content (AvgIpc) is 3.74. The molecule has 7 N–H and O–H groups in total. The number of nitrogen functional groups attached to an aromatic ring is 2. The van der Waals surface area contributed by atoms with E-state index in [0.29, 0.717) is 0 Å². The number of aromatic nitrogens is 7. The number of nitrogens with one attached hydrogen (secondary N) is 1. The molecule has 23 heteroatoms. The smallest absolute Gasteiger partial charge is 0.397 e. The Kier molecular flexibility index (Phi) is 7.52. The van der Waals surface area contributed by atoms with E-state index in [2.05, 4.69) is 24.9 Å². The van der Waals surface area contributed by atoms with Crippen molar-refractivity contribution in [1.82, 2.24) is 34.1 Å². The highest BCUT2D eigenvalue weighted by atomic mass is 31.2. The van der Waals surface area contributed by atoms with Crippen LogP contribution in [-0.2, 0) is 36.9 Å². The van der Waals surface area contributed by atoms with E-state index < -0.39 is 83.6 Å². The first-order chi connectivity index (χ1) is 21.4. The summed E-state index contributed by atoms with van der Waals surface area (Å²) in [5.41, 5.74) is 11.8. The molecule has 7 heterocycles. The summed E-state index contributed by atoms with van der Waals surface area (Å²) in [6.45, 7) is -1.32. The molecule has 4 unspecified atom stereocenters. The summed E-state index contributed by atoms with van der Waals surface area (Å²) in [6, 6.07) is 1.51. The van der Waals surface area contributed by atoms with E-state index in [-0.39, 0.29) is 40.4 Å². The molecule has 3 aliphatic heterocycles. The van der Waals surface area contributed by atoms with Crippen LogP contribution in [0.1, 0.15) is 18.9 Å². The van der Waals surface area contributed by atoms with Gasteiger partial charge in [-0.05, 0) is 6.07 Å². The number of nitrogens with zero attached hydrogens (tertiary/aromatic N) is 6. The molecule has 7 rings (SSSR count). The molecule has 4 aromatic rings. The van der Waals surface area contributed by atoms with Gasteiger partial charge < -0.3 is 40.0 Å². The molecule has 3 aliphatic rings. The minimum Gasteiger partial charge on any atom is -0.397 e. The van der Waals surface area contributed by atoms with Crippen LogP contribution in [0.5, 0.6) is 0 Å². The first kappa shape index (κ1) is 30.3. The number of phosphoric acid groups is 1. The summed E-state index contributed by atoms with van der Waals surface area (Å²) in [6.07, 6.45) is -6.89. The molecule has 0 aromatic carbocycles. The number of anilines is 2. The lowest BCUT2D eigenvalue weighted by Gasteiger charge is -2.22. The van der Waals surface area contributed by atoms with Crippen LogP contribution in [0.2, 0.25) is 0 Å². The van der Waals surface area contributed by atoms with Crippen LogP contribution in [-0.4, -0.2) is 94.0 Å². The number of hydrogen-bond donors (Lipinski definition) is 5. The van der Waals surface area contributed by atoms with E-state index >= 15 is 4.39 Å². The molecule has 9 atom stereocenters. The van der Waals surface area contributed by atoms with Crippen molar-refractivity contribution < 1.29 is 51.1 Å². The molecule has 0 saturated carbocycles. The second-order valence-electron chi connectivity index (χ2n) is 10.5. The van der Waals surface area contributed by atoms with Gasteiger partial charge in [0.2, 0.25) is 5.95 Å². The van der Waals surface area contributed by atoms with E-state index in [9.17, 15) is 23.7 Å². The van der Waals surface area contributed by atoms with Crippen molar-refractivity contribution in [2.24, 2.45) is 0 Å². The van der Waals surface area contributed by atoms with Gasteiger partial charge in [-0.1, -0.05) is 0 Å². The van der Waals surface area contributed by atoms with Crippen LogP contribution < -0.4 is 17.0 Å². The Morgan fingerprint density at radius 1 is 0.978 bits per heavy atom. The summed E-state index contributed by atoms with van der Waals surface area (Å²) in [5.74, 6) is -0.185. The summed E-state index contributed by atoms with van der Waals surface area (Å²) >= 11 is 0. The predicted octanol–water partition coefficient (Wildman–Crippen LogP) is 0.312. The van der Waals surface area contributed by atoms with Gasteiger partial charge in [-0.15, -0.1) is 0 Å². The molecular formula is C22H26FN9O11P2. The second kappa shape index (κ2) is 11.2. The third-order valence-corrected chi connectivity index (χ3v) is 9.56. The number of ether oxygens (including phenoxy) is 3. The van der Waals surface area contributed by atoms with E-state index in [4.69, 9.17) is 39.2 Å². The van der Waals surface area contributed by atoms with Crippen LogP contribution in [0.3, 0.4) is 0 Å². The summed E-state index contributed by atoms with van der Waals surface area (Å²) < 4.78 is 77.6. The van der Waals surface area contributed by atoms with E-state index in [1.807, 2.05) is 0 Å². The van der Waals surface area contributed by atoms with Gasteiger partial charge in [0.1, 0.15) is 42.5 Å². The highest BCUT2D eigenvalue weighted by Crippen LogP contribution is 2.51. The van der Waals surface area contributed by atoms with E-state index in [0.717, 1.165) is 0 Å². The molecule has 0 amide bonds. The molecular weight excluding hydrogens is 647 g/mol. The largest absolute Gasteiger partial charge is 0.472 e. The maximum Gasteiger partial charge on any atom is 0.472 e. The number of hydrogen-bond acceptors (Lipinski definition) is 15. The normalized spacial score (nSPS) is 36.3. The molecule has 45 heavy (non-hydrogen) atoms. The maximum atomic E-state index is 15.8. The Labute approximate surface area is 250 Å². The fraction of sp³-hybridized carbons (Fsp3) is 0.500. The van der Waals surface area contributed by atoms with Crippen molar-refractivity contribution in [3.05, 3.63) is 35.3 Å². The number of phosphoric ester groups is 1. The SMILES string of the molecule is Nc1nc2c(ncn2[C@H]2CC3OP(=O)(O)OC[C@H]4O[C@@H](n5cnc6c(N)ccnc65)[C@@H](F)C4OCP(=O)(O)OC[C@H]3O2)c(=O)[nH]1. The monoisotopic (exact) mass is 673 g/mol. The Hall–Kier alpha value is -3.36. The maximum absolute atomic E-state index is 15.8. The Bertz CT molecular complexity index is 1920. The molecule has 3 saturated heterocycles. The van der Waals surface area contributed by atoms with Crippen LogP contribution in [0.25, 0.3) is 22.3 Å². The highest BCUT2D eigenvalue weighted by Gasteiger charge is 2.50. The number of aromatic amines is 1. The fourth-order valence-corrected chi connectivity index (χ4v) is 7.23. The highest BCUT2D eigenvalue weighted by molar-refractivity contribution is 7.52. The molecule has 0 spiro atoms. The van der Waals surface area contributed by atoms with Gasteiger partial charge in [-0.2, -0.15) is 4.98 Å². The number of nitrogens with two attached hydrogens (primary N) is 2. The quantitative estimate of drug-likeness (QED) is 0.179. The molecule has 20 nitrogen and oxygen atoms in total. The molecule has 4 aromatic heterocycles. The van der Waals surface area contributed by atoms with Crippen molar-refractivity contribution in [3.63, 3.8) is 0 Å². The second-order valence-corrected chi connectivity index (χ2v) is 13.7. The number of imidazole rings is 2. The third-order valence-electron chi connectivity index (χ3n) is 7.52. The number of fused-ring (bicyclic) bond motifs is 4. The number of halogens is 1. The van der Waals surface area contributed by atoms with Crippen molar-refractivity contribution in [3.8, 4) is 0 Å². The van der Waals surface area contributed by atoms with Crippen LogP contribution in [0, 0.1) is 0 Å². The number of pyridine rings is 1. The molecule has 3 fully saturated rings. The van der Waals surface area contributed by atoms with E-state index in [1.54, 1.807) is 0 Å². The van der Waals surface area contributed by atoms with Gasteiger partial charge in [0.05, 0.1) is 31.6 Å². The van der Waals surface area contributed by atoms with Crippen molar-refractivity contribution in [1.29, 1.82) is 0 Å². The van der Waals surface area contributed by atoms with Gasteiger partial charge in [0.25, 0.3) is 5.56 Å². The molecule has 0 aliphatic carbocycles. The molecule has 242 valence electrons. The van der Waals surface area contributed by atoms with Gasteiger partial charge in [0, 0.05) is 12.6 Å². The number of H-pyrrole nitrogens is 1. The Morgan fingerprint density at radius 3 is 2.56 bits per heavy atom. The third kappa shape index (κ3) is 5.65. The van der Waals surface area contributed by atoms with Gasteiger partial charge in [-0.3, -0.25) is 32.5 Å². The zero-order valence-corrected chi connectivity index (χ0v) is 24.6. The van der Waals surface area contributed by atoms with E-state index in [1.165, 1.54) is 34.1 Å². The minimum absolute atomic E-state index is 0.0428. The Balaban J connectivity index is 1.14. The predicted molar refractivity (Wildman–Crippen MR) is 148 cm³/mol. The van der Waals surface area contributed by atoms with Crippen LogP contribution >= 0.6 is 15.4 Å². The van der Waals surface area contributed by atoms with Crippen LogP contribution in [0.15, 0.2) is 29.7 Å². The lowest BCUT2D eigenvalue weighted by Crippen LogP contribution is -2.34. The lowest BCUT2D eigenvalue weighted by atomic mass is 10.1.